The minimum Gasteiger partial charge on any atom is -0.496 e. The van der Waals surface area contributed by atoms with Gasteiger partial charge in [-0.1, -0.05) is 53.7 Å². The molecule has 0 radical (unpaired) electrons. The summed E-state index contributed by atoms with van der Waals surface area (Å²) in [7, 11) is 1.65. The number of thioether (sulfide) groups is 1. The van der Waals surface area contributed by atoms with Crippen molar-refractivity contribution in [1.82, 2.24) is 19.7 Å². The van der Waals surface area contributed by atoms with Crippen LogP contribution in [0.15, 0.2) is 77.5 Å². The second-order valence-electron chi connectivity index (χ2n) is 7.25. The van der Waals surface area contributed by atoms with Crippen molar-refractivity contribution in [2.24, 2.45) is 0 Å². The average molecular weight is 465 g/mol. The van der Waals surface area contributed by atoms with E-state index in [0.717, 1.165) is 21.9 Å². The third kappa shape index (κ3) is 5.38. The maximum atomic E-state index is 13.3. The van der Waals surface area contributed by atoms with Gasteiger partial charge in [-0.15, -0.1) is 21.5 Å². The molecule has 32 heavy (non-hydrogen) atoms. The monoisotopic (exact) mass is 464 g/mol. The Morgan fingerprint density at radius 3 is 2.66 bits per heavy atom. The normalized spacial score (nSPS) is 10.8. The van der Waals surface area contributed by atoms with Crippen molar-refractivity contribution in [3.8, 4) is 11.4 Å². The number of nitrogens with zero attached hydrogens (tertiary/aromatic N) is 4. The summed E-state index contributed by atoms with van der Waals surface area (Å²) in [4.78, 5) is 16.3. The Morgan fingerprint density at radius 1 is 1.09 bits per heavy atom. The molecule has 2 heterocycles. The number of hydrogen-bond acceptors (Lipinski definition) is 6. The summed E-state index contributed by atoms with van der Waals surface area (Å²) in [5.74, 6) is 1.08. The molecule has 0 saturated heterocycles. The quantitative estimate of drug-likeness (QED) is 0.328. The smallest absolute Gasteiger partial charge is 0.233 e. The SMILES string of the molecule is COc1ccccc1CN(Cc1cccs1)C(=O)CSc1nncn1-c1ccc(C)cc1. The number of rotatable bonds is 9. The number of carbonyl (C=O) groups excluding carboxylic acids is 1. The van der Waals surface area contributed by atoms with Crippen molar-refractivity contribution < 1.29 is 9.53 Å². The fraction of sp³-hybridized carbons (Fsp3) is 0.208. The molecule has 0 atom stereocenters. The molecule has 0 aliphatic heterocycles. The largest absolute Gasteiger partial charge is 0.496 e. The second-order valence-corrected chi connectivity index (χ2v) is 9.22. The van der Waals surface area contributed by atoms with Crippen LogP contribution >= 0.6 is 23.1 Å². The van der Waals surface area contributed by atoms with E-state index in [9.17, 15) is 4.79 Å². The van der Waals surface area contributed by atoms with E-state index in [1.54, 1.807) is 24.8 Å². The molecule has 4 aromatic rings. The van der Waals surface area contributed by atoms with Crippen LogP contribution in [0.4, 0.5) is 0 Å². The Kier molecular flexibility index (Phi) is 7.24. The van der Waals surface area contributed by atoms with Gasteiger partial charge >= 0.3 is 0 Å². The lowest BCUT2D eigenvalue weighted by atomic mass is 10.2. The maximum absolute atomic E-state index is 13.3. The molecule has 2 aromatic heterocycles. The number of benzene rings is 2. The highest BCUT2D eigenvalue weighted by atomic mass is 32.2. The number of thiophene rings is 1. The standard InChI is InChI=1S/C24H24N4O2S2/c1-18-9-11-20(12-10-18)28-17-25-26-24(28)32-16-23(29)27(15-21-7-5-13-31-21)14-19-6-3-4-8-22(19)30-2/h3-13,17H,14-16H2,1-2H3. The van der Waals surface area contributed by atoms with Crippen molar-refractivity contribution in [2.45, 2.75) is 25.2 Å². The van der Waals surface area contributed by atoms with Gasteiger partial charge in [0.1, 0.15) is 12.1 Å². The third-order valence-corrected chi connectivity index (χ3v) is 6.78. The molecule has 1 amide bonds. The zero-order valence-corrected chi connectivity index (χ0v) is 19.6. The van der Waals surface area contributed by atoms with E-state index >= 15 is 0 Å². The lowest BCUT2D eigenvalue weighted by Crippen LogP contribution is -2.31. The van der Waals surface area contributed by atoms with Crippen LogP contribution in [0.1, 0.15) is 16.0 Å². The first-order valence-corrected chi connectivity index (χ1v) is 12.0. The number of hydrogen-bond donors (Lipinski definition) is 0. The van der Waals surface area contributed by atoms with E-state index in [4.69, 9.17) is 4.74 Å². The average Bonchev–Trinajstić information content (AvgIpc) is 3.50. The number of methoxy groups -OCH3 is 1. The topological polar surface area (TPSA) is 60.2 Å². The molecule has 4 rings (SSSR count). The Hall–Kier alpha value is -3.10. The first-order valence-electron chi connectivity index (χ1n) is 10.2. The molecule has 8 heteroatoms. The summed E-state index contributed by atoms with van der Waals surface area (Å²) in [6.45, 7) is 3.08. The predicted octanol–water partition coefficient (Wildman–Crippen LogP) is 4.97. The van der Waals surface area contributed by atoms with E-state index in [1.165, 1.54) is 17.3 Å². The van der Waals surface area contributed by atoms with Crippen molar-refractivity contribution in [3.05, 3.63) is 88.4 Å². The molecule has 0 bridgehead atoms. The molecule has 0 unspecified atom stereocenters. The Labute approximate surface area is 195 Å². The van der Waals surface area contributed by atoms with Gasteiger partial charge < -0.3 is 9.64 Å². The van der Waals surface area contributed by atoms with Crippen LogP contribution in [0.25, 0.3) is 5.69 Å². The summed E-state index contributed by atoms with van der Waals surface area (Å²) in [6, 6.07) is 20.0. The van der Waals surface area contributed by atoms with Crippen LogP contribution in [0, 0.1) is 6.92 Å². The van der Waals surface area contributed by atoms with Crippen molar-refractivity contribution in [2.75, 3.05) is 12.9 Å². The van der Waals surface area contributed by atoms with Gasteiger partial charge in [0.15, 0.2) is 5.16 Å². The van der Waals surface area contributed by atoms with Gasteiger partial charge in [0.2, 0.25) is 5.91 Å². The molecule has 164 valence electrons. The maximum Gasteiger partial charge on any atom is 0.233 e. The third-order valence-electron chi connectivity index (χ3n) is 4.99. The lowest BCUT2D eigenvalue weighted by molar-refractivity contribution is -0.129. The molecule has 0 saturated carbocycles. The van der Waals surface area contributed by atoms with Gasteiger partial charge in [-0.3, -0.25) is 9.36 Å². The molecule has 0 N–H and O–H groups in total. The van der Waals surface area contributed by atoms with Gasteiger partial charge in [-0.25, -0.2) is 0 Å². The van der Waals surface area contributed by atoms with Gasteiger partial charge in [0.05, 0.1) is 19.4 Å². The second kappa shape index (κ2) is 10.5. The molecule has 0 spiro atoms. The van der Waals surface area contributed by atoms with Crippen LogP contribution in [0.2, 0.25) is 0 Å². The first kappa shape index (κ1) is 22.1. The molecule has 0 fully saturated rings. The number of aryl methyl sites for hydroxylation is 1. The fourth-order valence-electron chi connectivity index (χ4n) is 3.29. The zero-order valence-electron chi connectivity index (χ0n) is 18.0. The Morgan fingerprint density at radius 2 is 1.91 bits per heavy atom. The minimum atomic E-state index is 0.0350. The summed E-state index contributed by atoms with van der Waals surface area (Å²) in [5, 5.41) is 11.0. The number of carbonyl (C=O) groups is 1. The molecule has 0 aliphatic carbocycles. The Bertz CT molecular complexity index is 1160. The van der Waals surface area contributed by atoms with Crippen molar-refractivity contribution >= 4 is 29.0 Å². The summed E-state index contributed by atoms with van der Waals surface area (Å²) >= 11 is 3.04. The molecular formula is C24H24N4O2S2. The summed E-state index contributed by atoms with van der Waals surface area (Å²) in [5.41, 5.74) is 3.14. The van der Waals surface area contributed by atoms with Crippen LogP contribution in [-0.4, -0.2) is 38.4 Å². The van der Waals surface area contributed by atoms with E-state index in [2.05, 4.69) is 10.2 Å². The highest BCUT2D eigenvalue weighted by molar-refractivity contribution is 7.99. The Balaban J connectivity index is 1.49. The fourth-order valence-corrected chi connectivity index (χ4v) is 4.84. The van der Waals surface area contributed by atoms with Gasteiger partial charge in [-0.05, 0) is 36.6 Å². The minimum absolute atomic E-state index is 0.0350. The van der Waals surface area contributed by atoms with E-state index in [-0.39, 0.29) is 11.7 Å². The van der Waals surface area contributed by atoms with Crippen LogP contribution in [0.5, 0.6) is 5.75 Å². The molecule has 2 aromatic carbocycles. The van der Waals surface area contributed by atoms with Gasteiger partial charge in [0, 0.05) is 22.7 Å². The number of amides is 1. The van der Waals surface area contributed by atoms with Crippen molar-refractivity contribution in [1.29, 1.82) is 0 Å². The summed E-state index contributed by atoms with van der Waals surface area (Å²) < 4.78 is 7.39. The van der Waals surface area contributed by atoms with Crippen LogP contribution < -0.4 is 4.74 Å². The number of para-hydroxylation sites is 1. The molecule has 6 nitrogen and oxygen atoms in total. The van der Waals surface area contributed by atoms with E-state index in [0.29, 0.717) is 18.2 Å². The number of aromatic nitrogens is 3. The van der Waals surface area contributed by atoms with Crippen molar-refractivity contribution in [3.63, 3.8) is 0 Å². The predicted molar refractivity (Wildman–Crippen MR) is 128 cm³/mol. The molecular weight excluding hydrogens is 440 g/mol. The van der Waals surface area contributed by atoms with Gasteiger partial charge in [0.25, 0.3) is 0 Å². The zero-order chi connectivity index (χ0) is 22.3. The van der Waals surface area contributed by atoms with Crippen LogP contribution in [-0.2, 0) is 17.9 Å². The van der Waals surface area contributed by atoms with Gasteiger partial charge in [-0.2, -0.15) is 0 Å². The van der Waals surface area contributed by atoms with Crippen LogP contribution in [0.3, 0.4) is 0 Å². The van der Waals surface area contributed by atoms with E-state index in [1.807, 2.05) is 82.4 Å². The first-order chi connectivity index (χ1) is 15.6. The highest BCUT2D eigenvalue weighted by Crippen LogP contribution is 2.24. The lowest BCUT2D eigenvalue weighted by Gasteiger charge is -2.23. The van der Waals surface area contributed by atoms with E-state index < -0.39 is 0 Å². The number of ether oxygens (including phenoxy) is 1. The highest BCUT2D eigenvalue weighted by Gasteiger charge is 2.19. The molecule has 0 aliphatic rings. The summed E-state index contributed by atoms with van der Waals surface area (Å²) in [6.07, 6.45) is 1.68.